The van der Waals surface area contributed by atoms with E-state index in [1.807, 2.05) is 6.20 Å². The summed E-state index contributed by atoms with van der Waals surface area (Å²) in [5.74, 6) is 0.479. The highest BCUT2D eigenvalue weighted by Gasteiger charge is 2.23. The summed E-state index contributed by atoms with van der Waals surface area (Å²) < 4.78 is 4.75. The second-order valence-corrected chi connectivity index (χ2v) is 10.5. The van der Waals surface area contributed by atoms with Crippen LogP contribution < -0.4 is 0 Å². The van der Waals surface area contributed by atoms with Crippen LogP contribution in [0.5, 0.6) is 0 Å². The number of aromatic nitrogens is 3. The average molecular weight is 502 g/mol. The van der Waals surface area contributed by atoms with Gasteiger partial charge in [-0.1, -0.05) is 85.8 Å². The van der Waals surface area contributed by atoms with E-state index in [0.29, 0.717) is 5.92 Å². The first-order valence-electron chi connectivity index (χ1n) is 13.6. The Bertz CT molecular complexity index is 1980. The number of hydrogen-bond acceptors (Lipinski definition) is 1. The molecule has 3 nitrogen and oxygen atoms in total. The fraction of sp³-hybridized carbons (Fsp3) is 0.0833. The molecule has 0 N–H and O–H groups in total. The third-order valence-electron chi connectivity index (χ3n) is 8.20. The molecule has 7 aromatic rings. The Morgan fingerprint density at radius 2 is 1.21 bits per heavy atom. The quantitative estimate of drug-likeness (QED) is 0.236. The molecule has 0 radical (unpaired) electrons. The maximum absolute atomic E-state index is 4.91. The zero-order valence-corrected chi connectivity index (χ0v) is 21.8. The predicted molar refractivity (Wildman–Crippen MR) is 163 cm³/mol. The first kappa shape index (κ1) is 22.1. The van der Waals surface area contributed by atoms with Gasteiger partial charge in [0.2, 0.25) is 0 Å². The summed E-state index contributed by atoms with van der Waals surface area (Å²) >= 11 is 0. The van der Waals surface area contributed by atoms with Gasteiger partial charge in [0, 0.05) is 44.6 Å². The predicted octanol–water partition coefficient (Wildman–Crippen LogP) is 9.31. The maximum atomic E-state index is 4.91. The summed E-state index contributed by atoms with van der Waals surface area (Å²) in [5, 5.41) is 3.84. The molecule has 186 valence electrons. The Morgan fingerprint density at radius 3 is 1.85 bits per heavy atom. The highest BCUT2D eigenvalue weighted by Crippen LogP contribution is 2.39. The van der Waals surface area contributed by atoms with Gasteiger partial charge >= 0.3 is 0 Å². The Labute approximate surface area is 227 Å². The molecule has 1 atom stereocenters. The average Bonchev–Trinajstić information content (AvgIpc) is 3.52. The Kier molecular flexibility index (Phi) is 4.86. The lowest BCUT2D eigenvalue weighted by Crippen LogP contribution is -2.06. The normalized spacial score (nSPS) is 14.8. The minimum absolute atomic E-state index is 0.479. The number of benzene rings is 4. The number of pyridine rings is 1. The lowest BCUT2D eigenvalue weighted by molar-refractivity contribution is 0.723. The van der Waals surface area contributed by atoms with Crippen molar-refractivity contribution in [2.45, 2.75) is 19.3 Å². The molecule has 39 heavy (non-hydrogen) atoms. The van der Waals surface area contributed by atoms with Crippen molar-refractivity contribution in [2.75, 3.05) is 0 Å². The van der Waals surface area contributed by atoms with E-state index >= 15 is 0 Å². The van der Waals surface area contributed by atoms with Gasteiger partial charge in [-0.25, -0.2) is 0 Å². The molecule has 0 spiro atoms. The molecule has 4 aromatic carbocycles. The first-order valence-corrected chi connectivity index (χ1v) is 13.6. The Hall–Kier alpha value is -4.89. The molecule has 0 saturated carbocycles. The first-order chi connectivity index (χ1) is 19.3. The molecule has 0 fully saturated rings. The Morgan fingerprint density at radius 1 is 0.615 bits per heavy atom. The van der Waals surface area contributed by atoms with Crippen LogP contribution in [0.4, 0.5) is 0 Å². The molecule has 0 saturated heterocycles. The van der Waals surface area contributed by atoms with Gasteiger partial charge in [0.1, 0.15) is 0 Å². The van der Waals surface area contributed by atoms with Crippen molar-refractivity contribution in [1.82, 2.24) is 14.1 Å². The SMILES string of the molecule is CC1CC=Cc2c1n(-c1ccc(-c3ccc(-n4c5ccccc5c5ccccc54)cn3)cc1)c1ccccc21. The van der Waals surface area contributed by atoms with E-state index < -0.39 is 0 Å². The molecule has 0 aliphatic heterocycles. The molecule has 0 bridgehead atoms. The van der Waals surface area contributed by atoms with Crippen molar-refractivity contribution in [3.8, 4) is 22.6 Å². The Balaban J connectivity index is 1.19. The van der Waals surface area contributed by atoms with Crippen molar-refractivity contribution in [1.29, 1.82) is 0 Å². The molecule has 8 rings (SSSR count). The van der Waals surface area contributed by atoms with E-state index in [4.69, 9.17) is 4.98 Å². The van der Waals surface area contributed by atoms with Gasteiger partial charge < -0.3 is 9.13 Å². The van der Waals surface area contributed by atoms with Crippen LogP contribution in [0, 0.1) is 0 Å². The summed E-state index contributed by atoms with van der Waals surface area (Å²) in [6.07, 6.45) is 7.67. The largest absolute Gasteiger partial charge is 0.313 e. The lowest BCUT2D eigenvalue weighted by Gasteiger charge is -2.19. The van der Waals surface area contributed by atoms with Crippen molar-refractivity contribution in [3.05, 3.63) is 133 Å². The second-order valence-electron chi connectivity index (χ2n) is 10.5. The van der Waals surface area contributed by atoms with E-state index in [0.717, 1.165) is 23.4 Å². The lowest BCUT2D eigenvalue weighted by atomic mass is 9.93. The third kappa shape index (κ3) is 3.33. The van der Waals surface area contributed by atoms with E-state index in [-0.39, 0.29) is 0 Å². The van der Waals surface area contributed by atoms with Crippen LogP contribution >= 0.6 is 0 Å². The number of fused-ring (bicyclic) bond motifs is 6. The monoisotopic (exact) mass is 501 g/mol. The fourth-order valence-corrected chi connectivity index (χ4v) is 6.40. The van der Waals surface area contributed by atoms with Gasteiger partial charge in [-0.2, -0.15) is 0 Å². The molecule has 3 heteroatoms. The molecule has 1 unspecified atom stereocenters. The van der Waals surface area contributed by atoms with Crippen molar-refractivity contribution in [2.24, 2.45) is 0 Å². The van der Waals surface area contributed by atoms with Crippen LogP contribution in [0.25, 0.3) is 61.4 Å². The summed E-state index contributed by atoms with van der Waals surface area (Å²) in [4.78, 5) is 4.91. The van der Waals surface area contributed by atoms with Gasteiger partial charge in [-0.05, 0) is 48.9 Å². The number of allylic oxidation sites excluding steroid dienone is 1. The molecule has 1 aliphatic carbocycles. The summed E-state index contributed by atoms with van der Waals surface area (Å²) in [5.41, 5.74) is 10.8. The van der Waals surface area contributed by atoms with Gasteiger partial charge in [0.05, 0.1) is 34.1 Å². The standard InChI is InChI=1S/C36H27N3/c1-24-9-8-13-31-30-12-4-7-16-35(30)39(36(24)31)26-19-17-25(18-20-26)32-22-21-27(23-37-32)38-33-14-5-2-10-28(33)29-11-3-6-15-34(29)38/h2-8,10-24H,9H2,1H3. The van der Waals surface area contributed by atoms with Crippen LogP contribution in [-0.2, 0) is 0 Å². The second kappa shape index (κ2) is 8.57. The van der Waals surface area contributed by atoms with E-state index in [9.17, 15) is 0 Å². The highest BCUT2D eigenvalue weighted by atomic mass is 15.0. The molecular weight excluding hydrogens is 474 g/mol. The molecule has 3 aromatic heterocycles. The summed E-state index contributed by atoms with van der Waals surface area (Å²) in [7, 11) is 0. The van der Waals surface area contributed by atoms with E-state index in [1.165, 1.54) is 49.7 Å². The zero-order chi connectivity index (χ0) is 25.9. The van der Waals surface area contributed by atoms with Crippen molar-refractivity contribution < 1.29 is 0 Å². The minimum atomic E-state index is 0.479. The van der Waals surface area contributed by atoms with Crippen LogP contribution in [-0.4, -0.2) is 14.1 Å². The maximum Gasteiger partial charge on any atom is 0.0703 e. The summed E-state index contributed by atoms with van der Waals surface area (Å²) in [6, 6.07) is 39.1. The molecule has 0 amide bonds. The topological polar surface area (TPSA) is 22.8 Å². The van der Waals surface area contributed by atoms with E-state index in [1.54, 1.807) is 0 Å². The minimum Gasteiger partial charge on any atom is -0.313 e. The molecule has 1 aliphatic rings. The van der Waals surface area contributed by atoms with Gasteiger partial charge in [0.15, 0.2) is 0 Å². The highest BCUT2D eigenvalue weighted by molar-refractivity contribution is 6.09. The number of hydrogen-bond donors (Lipinski definition) is 0. The molecular formula is C36H27N3. The van der Waals surface area contributed by atoms with Crippen LogP contribution in [0.15, 0.2) is 121 Å². The van der Waals surface area contributed by atoms with Crippen LogP contribution in [0.2, 0.25) is 0 Å². The van der Waals surface area contributed by atoms with E-state index in [2.05, 4.69) is 137 Å². The number of nitrogens with zero attached hydrogens (tertiary/aromatic N) is 3. The number of para-hydroxylation sites is 3. The van der Waals surface area contributed by atoms with Crippen molar-refractivity contribution in [3.63, 3.8) is 0 Å². The molecule has 3 heterocycles. The number of rotatable bonds is 3. The smallest absolute Gasteiger partial charge is 0.0703 e. The van der Waals surface area contributed by atoms with Gasteiger partial charge in [0.25, 0.3) is 0 Å². The third-order valence-corrected chi connectivity index (χ3v) is 8.20. The van der Waals surface area contributed by atoms with Crippen molar-refractivity contribution >= 4 is 38.8 Å². The van der Waals surface area contributed by atoms with Crippen LogP contribution in [0.3, 0.4) is 0 Å². The van der Waals surface area contributed by atoms with Gasteiger partial charge in [-0.3, -0.25) is 4.98 Å². The van der Waals surface area contributed by atoms with Gasteiger partial charge in [-0.15, -0.1) is 0 Å². The zero-order valence-electron chi connectivity index (χ0n) is 21.8. The summed E-state index contributed by atoms with van der Waals surface area (Å²) in [6.45, 7) is 2.33. The van der Waals surface area contributed by atoms with Crippen LogP contribution in [0.1, 0.15) is 30.5 Å². The fourth-order valence-electron chi connectivity index (χ4n) is 6.40.